The number of esters is 1. The smallest absolute Gasteiger partial charge is 0.305 e. The number of nitrogens with zero attached hydrogens (tertiary/aromatic N) is 1. The van der Waals surface area contributed by atoms with Crippen molar-refractivity contribution >= 4 is 23.2 Å². The zero-order valence-corrected chi connectivity index (χ0v) is 13.2. The molecule has 0 aliphatic heterocycles. The van der Waals surface area contributed by atoms with Gasteiger partial charge in [0.1, 0.15) is 0 Å². The second-order valence-electron chi connectivity index (χ2n) is 5.63. The molecular weight excluding hydrogens is 284 g/mol. The number of methoxy groups -OCH3 is 1. The van der Waals surface area contributed by atoms with E-state index in [0.29, 0.717) is 11.4 Å². The van der Waals surface area contributed by atoms with Crippen molar-refractivity contribution in [2.75, 3.05) is 7.11 Å². The average Bonchev–Trinajstić information content (AvgIpc) is 2.53. The molecule has 1 heterocycles. The molecule has 0 aromatic carbocycles. The number of hydrogen-bond donors (Lipinski definition) is 1. The Bertz CT molecular complexity index is 506. The Kier molecular flexibility index (Phi) is 5.28. The molecule has 114 valence electrons. The standard InChI is InChI=1S/C16H22N2O2S/c1-20-14(19)8-7-12-5-2-3-9-16(12,15(17)21)13-6-4-10-18-11-13/h4,6,10-12H,2-3,5,7-9H2,1H3,(H2,17,21). The monoisotopic (exact) mass is 306 g/mol. The third kappa shape index (κ3) is 3.23. The van der Waals surface area contributed by atoms with Gasteiger partial charge in [-0.25, -0.2) is 0 Å². The molecule has 1 aliphatic rings. The molecule has 0 radical (unpaired) electrons. The van der Waals surface area contributed by atoms with Crippen LogP contribution in [0.2, 0.25) is 0 Å². The predicted octanol–water partition coefficient (Wildman–Crippen LogP) is 2.75. The number of nitrogens with two attached hydrogens (primary N) is 1. The van der Waals surface area contributed by atoms with Gasteiger partial charge in [-0.15, -0.1) is 0 Å². The quantitative estimate of drug-likeness (QED) is 0.669. The number of aromatic nitrogens is 1. The second kappa shape index (κ2) is 6.98. The fourth-order valence-electron chi connectivity index (χ4n) is 3.50. The van der Waals surface area contributed by atoms with Crippen LogP contribution in [0.4, 0.5) is 0 Å². The van der Waals surface area contributed by atoms with Crippen LogP contribution in [0.15, 0.2) is 24.5 Å². The fourth-order valence-corrected chi connectivity index (χ4v) is 3.89. The van der Waals surface area contributed by atoms with Crippen LogP contribution in [0.3, 0.4) is 0 Å². The third-order valence-electron chi connectivity index (χ3n) is 4.61. The highest BCUT2D eigenvalue weighted by Crippen LogP contribution is 2.46. The van der Waals surface area contributed by atoms with Crippen LogP contribution in [-0.4, -0.2) is 23.1 Å². The van der Waals surface area contributed by atoms with Crippen molar-refractivity contribution in [1.82, 2.24) is 4.98 Å². The molecular formula is C16H22N2O2S. The summed E-state index contributed by atoms with van der Waals surface area (Å²) in [4.78, 5) is 16.2. The zero-order valence-electron chi connectivity index (χ0n) is 12.4. The van der Waals surface area contributed by atoms with Crippen LogP contribution in [-0.2, 0) is 14.9 Å². The van der Waals surface area contributed by atoms with Crippen LogP contribution in [0.25, 0.3) is 0 Å². The largest absolute Gasteiger partial charge is 0.469 e. The van der Waals surface area contributed by atoms with Crippen molar-refractivity contribution in [3.8, 4) is 0 Å². The van der Waals surface area contributed by atoms with E-state index < -0.39 is 0 Å². The van der Waals surface area contributed by atoms with Gasteiger partial charge < -0.3 is 10.5 Å². The molecule has 2 rings (SSSR count). The van der Waals surface area contributed by atoms with Crippen LogP contribution >= 0.6 is 12.2 Å². The molecule has 2 N–H and O–H groups in total. The van der Waals surface area contributed by atoms with Crippen molar-refractivity contribution in [2.45, 2.75) is 43.9 Å². The third-order valence-corrected chi connectivity index (χ3v) is 4.98. The van der Waals surface area contributed by atoms with E-state index in [2.05, 4.69) is 4.98 Å². The number of pyridine rings is 1. The molecule has 0 amide bonds. The summed E-state index contributed by atoms with van der Waals surface area (Å²) in [5.74, 6) is 0.0932. The maximum atomic E-state index is 11.5. The lowest BCUT2D eigenvalue weighted by molar-refractivity contribution is -0.141. The molecule has 2 atom stereocenters. The van der Waals surface area contributed by atoms with Gasteiger partial charge in [0.15, 0.2) is 0 Å². The number of ether oxygens (including phenoxy) is 1. The fraction of sp³-hybridized carbons (Fsp3) is 0.562. The molecule has 1 aliphatic carbocycles. The Balaban J connectivity index is 2.31. The Morgan fingerprint density at radius 3 is 3.00 bits per heavy atom. The number of carbonyl (C=O) groups is 1. The summed E-state index contributed by atoms with van der Waals surface area (Å²) >= 11 is 5.43. The molecule has 2 unspecified atom stereocenters. The Hall–Kier alpha value is -1.49. The molecule has 1 aromatic heterocycles. The summed E-state index contributed by atoms with van der Waals surface area (Å²) < 4.78 is 4.76. The van der Waals surface area contributed by atoms with E-state index in [0.717, 1.165) is 37.7 Å². The SMILES string of the molecule is COC(=O)CCC1CCCCC1(C(N)=S)c1cccnc1. The van der Waals surface area contributed by atoms with Crippen molar-refractivity contribution in [3.05, 3.63) is 30.1 Å². The van der Waals surface area contributed by atoms with Gasteiger partial charge in [-0.1, -0.05) is 31.1 Å². The summed E-state index contributed by atoms with van der Waals surface area (Å²) in [6, 6.07) is 3.96. The Labute approximate surface area is 131 Å². The van der Waals surface area contributed by atoms with Crippen molar-refractivity contribution in [3.63, 3.8) is 0 Å². The van der Waals surface area contributed by atoms with E-state index in [-0.39, 0.29) is 17.3 Å². The van der Waals surface area contributed by atoms with Crippen LogP contribution in [0.5, 0.6) is 0 Å². The summed E-state index contributed by atoms with van der Waals surface area (Å²) in [6.07, 6.45) is 8.98. The first-order chi connectivity index (χ1) is 10.1. The predicted molar refractivity (Wildman–Crippen MR) is 85.9 cm³/mol. The van der Waals surface area contributed by atoms with Crippen molar-refractivity contribution in [2.24, 2.45) is 11.7 Å². The first-order valence-corrected chi connectivity index (χ1v) is 7.79. The van der Waals surface area contributed by atoms with E-state index in [9.17, 15) is 4.79 Å². The lowest BCUT2D eigenvalue weighted by Gasteiger charge is -2.44. The van der Waals surface area contributed by atoms with Crippen LogP contribution < -0.4 is 5.73 Å². The molecule has 0 spiro atoms. The second-order valence-corrected chi connectivity index (χ2v) is 6.07. The number of rotatable bonds is 5. The van der Waals surface area contributed by atoms with Crippen LogP contribution in [0, 0.1) is 5.92 Å². The van der Waals surface area contributed by atoms with Gasteiger partial charge in [0, 0.05) is 24.2 Å². The minimum absolute atomic E-state index is 0.177. The summed E-state index contributed by atoms with van der Waals surface area (Å²) in [6.45, 7) is 0. The summed E-state index contributed by atoms with van der Waals surface area (Å²) in [5, 5.41) is 0. The van der Waals surface area contributed by atoms with Crippen LogP contribution in [0.1, 0.15) is 44.1 Å². The Morgan fingerprint density at radius 1 is 1.57 bits per heavy atom. The molecule has 1 saturated carbocycles. The van der Waals surface area contributed by atoms with Gasteiger partial charge in [0.2, 0.25) is 0 Å². The maximum Gasteiger partial charge on any atom is 0.305 e. The van der Waals surface area contributed by atoms with Gasteiger partial charge in [0.25, 0.3) is 0 Å². The van der Waals surface area contributed by atoms with E-state index in [1.807, 2.05) is 18.3 Å². The van der Waals surface area contributed by atoms with Gasteiger partial charge in [-0.3, -0.25) is 9.78 Å². The molecule has 4 nitrogen and oxygen atoms in total. The van der Waals surface area contributed by atoms with Gasteiger partial charge in [-0.2, -0.15) is 0 Å². The lowest BCUT2D eigenvalue weighted by Crippen LogP contribution is -2.48. The van der Waals surface area contributed by atoms with Gasteiger partial charge >= 0.3 is 5.97 Å². The number of hydrogen-bond acceptors (Lipinski definition) is 4. The summed E-state index contributed by atoms with van der Waals surface area (Å²) in [7, 11) is 1.42. The highest BCUT2D eigenvalue weighted by atomic mass is 32.1. The van der Waals surface area contributed by atoms with Gasteiger partial charge in [-0.05, 0) is 36.8 Å². The molecule has 1 aromatic rings. The van der Waals surface area contributed by atoms with Gasteiger partial charge in [0.05, 0.1) is 12.1 Å². The first kappa shape index (κ1) is 15.9. The molecule has 1 fully saturated rings. The molecule has 0 bridgehead atoms. The minimum atomic E-state index is -0.337. The average molecular weight is 306 g/mol. The Morgan fingerprint density at radius 2 is 2.38 bits per heavy atom. The highest BCUT2D eigenvalue weighted by molar-refractivity contribution is 7.80. The van der Waals surface area contributed by atoms with E-state index in [1.165, 1.54) is 7.11 Å². The van der Waals surface area contributed by atoms with E-state index in [4.69, 9.17) is 22.7 Å². The normalized spacial score (nSPS) is 25.3. The molecule has 0 saturated heterocycles. The first-order valence-electron chi connectivity index (χ1n) is 7.38. The van der Waals surface area contributed by atoms with E-state index in [1.54, 1.807) is 6.20 Å². The summed E-state index contributed by atoms with van der Waals surface area (Å²) in [5.41, 5.74) is 6.89. The molecule has 5 heteroatoms. The van der Waals surface area contributed by atoms with E-state index >= 15 is 0 Å². The van der Waals surface area contributed by atoms with Crippen molar-refractivity contribution in [1.29, 1.82) is 0 Å². The maximum absolute atomic E-state index is 11.5. The highest BCUT2D eigenvalue weighted by Gasteiger charge is 2.44. The molecule has 21 heavy (non-hydrogen) atoms. The number of thiocarbonyl (C=S) groups is 1. The lowest BCUT2D eigenvalue weighted by atomic mass is 9.61. The van der Waals surface area contributed by atoms with Crippen molar-refractivity contribution < 1.29 is 9.53 Å². The number of carbonyl (C=O) groups excluding carboxylic acids is 1. The topological polar surface area (TPSA) is 65.2 Å². The minimum Gasteiger partial charge on any atom is -0.469 e. The zero-order chi connectivity index (χ0) is 15.3.